The number of hydrogen-bond donors (Lipinski definition) is 0. The Bertz CT molecular complexity index is 922. The van der Waals surface area contributed by atoms with E-state index in [2.05, 4.69) is 19.1 Å². The number of likely N-dealkylation sites (tertiary alicyclic amines) is 2. The number of rotatable bonds is 3. The van der Waals surface area contributed by atoms with E-state index in [0.717, 1.165) is 0 Å². The monoisotopic (exact) mass is 399 g/mol. The third-order valence-electron chi connectivity index (χ3n) is 6.27. The van der Waals surface area contributed by atoms with Crippen LogP contribution in [0, 0.1) is 18.8 Å². The van der Waals surface area contributed by atoms with Gasteiger partial charge in [0.2, 0.25) is 5.91 Å². The molecule has 2 aromatic rings. The lowest BCUT2D eigenvalue weighted by Gasteiger charge is -2.31. The van der Waals surface area contributed by atoms with Crippen LogP contribution in [0.1, 0.15) is 41.0 Å². The molecule has 1 aromatic carbocycles. The molecule has 0 radical (unpaired) electrons. The first-order valence-corrected chi connectivity index (χ1v) is 10.2. The predicted octanol–water partition coefficient (Wildman–Crippen LogP) is 3.67. The average Bonchev–Trinajstić information content (AvgIpc) is 3.33. The molecule has 0 N–H and O–H groups in total. The van der Waals surface area contributed by atoms with Crippen LogP contribution in [0.15, 0.2) is 36.5 Å². The fraction of sp³-hybridized carbons (Fsp3) is 0.455. The number of carbonyl (C=O) groups excluding carboxylic acids is 2. The molecule has 6 heteroatoms. The lowest BCUT2D eigenvalue weighted by Crippen LogP contribution is -2.37. The molecule has 148 valence electrons. The smallest absolute Gasteiger partial charge is 0.270 e. The highest BCUT2D eigenvalue weighted by molar-refractivity contribution is 6.31. The second-order valence-corrected chi connectivity index (χ2v) is 8.43. The van der Waals surface area contributed by atoms with E-state index in [-0.39, 0.29) is 23.8 Å². The predicted molar refractivity (Wildman–Crippen MR) is 109 cm³/mol. The first-order valence-electron chi connectivity index (χ1n) is 9.86. The van der Waals surface area contributed by atoms with Gasteiger partial charge in [0, 0.05) is 51.1 Å². The highest BCUT2D eigenvalue weighted by Crippen LogP contribution is 2.46. The van der Waals surface area contributed by atoms with Crippen molar-refractivity contribution in [2.45, 2.75) is 26.3 Å². The Hall–Kier alpha value is -2.27. The maximum absolute atomic E-state index is 13.1. The summed E-state index contributed by atoms with van der Waals surface area (Å²) in [4.78, 5) is 29.7. The van der Waals surface area contributed by atoms with Gasteiger partial charge in [0.25, 0.3) is 5.91 Å². The van der Waals surface area contributed by atoms with E-state index >= 15 is 0 Å². The van der Waals surface area contributed by atoms with E-state index in [1.165, 1.54) is 11.1 Å². The van der Waals surface area contributed by atoms with E-state index < -0.39 is 0 Å². The Morgan fingerprint density at radius 3 is 2.57 bits per heavy atom. The van der Waals surface area contributed by atoms with Crippen LogP contribution in [0.5, 0.6) is 0 Å². The highest BCUT2D eigenvalue weighted by atomic mass is 35.5. The highest BCUT2D eigenvalue weighted by Gasteiger charge is 2.50. The quantitative estimate of drug-likeness (QED) is 0.790. The maximum Gasteiger partial charge on any atom is 0.270 e. The van der Waals surface area contributed by atoms with Gasteiger partial charge < -0.3 is 14.4 Å². The van der Waals surface area contributed by atoms with Crippen LogP contribution >= 0.6 is 11.6 Å². The summed E-state index contributed by atoms with van der Waals surface area (Å²) in [5.41, 5.74) is 3.01. The molecule has 0 spiro atoms. The number of amides is 2. The zero-order valence-electron chi connectivity index (χ0n) is 16.6. The van der Waals surface area contributed by atoms with Crippen LogP contribution in [-0.4, -0.2) is 45.8 Å². The fourth-order valence-electron chi connectivity index (χ4n) is 4.89. The van der Waals surface area contributed by atoms with Gasteiger partial charge in [-0.15, -0.1) is 0 Å². The molecule has 2 saturated heterocycles. The van der Waals surface area contributed by atoms with Gasteiger partial charge in [-0.05, 0) is 24.1 Å². The first kappa shape index (κ1) is 19.1. The Morgan fingerprint density at radius 2 is 1.93 bits per heavy atom. The van der Waals surface area contributed by atoms with E-state index in [1.807, 2.05) is 35.9 Å². The number of carbonyl (C=O) groups is 2. The van der Waals surface area contributed by atoms with Crippen molar-refractivity contribution < 1.29 is 9.59 Å². The van der Waals surface area contributed by atoms with Crippen molar-refractivity contribution in [2.24, 2.45) is 18.9 Å². The first-order chi connectivity index (χ1) is 13.4. The molecular weight excluding hydrogens is 374 g/mol. The average molecular weight is 400 g/mol. The molecule has 0 unspecified atom stereocenters. The number of fused-ring (bicyclic) bond motifs is 1. The van der Waals surface area contributed by atoms with Crippen molar-refractivity contribution in [3.05, 3.63) is 58.4 Å². The normalized spacial score (nSPS) is 23.9. The summed E-state index contributed by atoms with van der Waals surface area (Å²) >= 11 is 6.07. The van der Waals surface area contributed by atoms with Crippen molar-refractivity contribution in [2.75, 3.05) is 19.6 Å². The summed E-state index contributed by atoms with van der Waals surface area (Å²) in [6, 6.07) is 10.0. The fourth-order valence-corrected chi connectivity index (χ4v) is 5.14. The van der Waals surface area contributed by atoms with Crippen molar-refractivity contribution in [3.8, 4) is 0 Å². The second-order valence-electron chi connectivity index (χ2n) is 7.99. The van der Waals surface area contributed by atoms with Crippen molar-refractivity contribution >= 4 is 23.4 Å². The molecule has 2 aliphatic rings. The summed E-state index contributed by atoms with van der Waals surface area (Å²) in [7, 11) is 1.84. The van der Waals surface area contributed by atoms with E-state index in [9.17, 15) is 9.59 Å². The van der Waals surface area contributed by atoms with Crippen LogP contribution in [0.4, 0.5) is 0 Å². The number of hydrogen-bond acceptors (Lipinski definition) is 2. The SMILES string of the molecule is CCC(=O)N1C[C@@H]2CN(C(=O)c3cc(Cl)cn3C)C[C@@H]2[C@H]1c1ccccc1C. The minimum Gasteiger partial charge on any atom is -0.345 e. The molecule has 5 nitrogen and oxygen atoms in total. The second kappa shape index (κ2) is 7.28. The summed E-state index contributed by atoms with van der Waals surface area (Å²) in [6.45, 7) is 6.08. The van der Waals surface area contributed by atoms with Crippen LogP contribution in [0.25, 0.3) is 0 Å². The van der Waals surface area contributed by atoms with Crippen LogP contribution in [0.2, 0.25) is 5.02 Å². The van der Waals surface area contributed by atoms with Crippen LogP contribution in [0.3, 0.4) is 0 Å². The number of aryl methyl sites for hydroxylation is 2. The summed E-state index contributed by atoms with van der Waals surface area (Å²) in [5, 5.41) is 0.572. The summed E-state index contributed by atoms with van der Waals surface area (Å²) < 4.78 is 1.78. The van der Waals surface area contributed by atoms with E-state index in [4.69, 9.17) is 11.6 Å². The molecule has 0 bridgehead atoms. The van der Waals surface area contributed by atoms with Gasteiger partial charge in [0.1, 0.15) is 5.69 Å². The maximum atomic E-state index is 13.1. The van der Waals surface area contributed by atoms with Crippen LogP contribution < -0.4 is 0 Å². The summed E-state index contributed by atoms with van der Waals surface area (Å²) in [5.74, 6) is 0.770. The van der Waals surface area contributed by atoms with E-state index in [1.54, 1.807) is 16.8 Å². The van der Waals surface area contributed by atoms with Crippen molar-refractivity contribution in [1.29, 1.82) is 0 Å². The molecule has 0 saturated carbocycles. The van der Waals surface area contributed by atoms with Crippen molar-refractivity contribution in [3.63, 3.8) is 0 Å². The largest absolute Gasteiger partial charge is 0.345 e. The van der Waals surface area contributed by atoms with Gasteiger partial charge >= 0.3 is 0 Å². The molecule has 3 atom stereocenters. The standard InChI is InChI=1S/C22H26ClN3O2/c1-4-20(27)26-11-15-10-25(22(28)19-9-16(23)12-24(19)3)13-18(15)21(26)17-8-6-5-7-14(17)2/h5-9,12,15,18,21H,4,10-11,13H2,1-3H3/t15-,18-,21+/m0/s1. The number of aromatic nitrogens is 1. The zero-order valence-corrected chi connectivity index (χ0v) is 17.3. The van der Waals surface area contributed by atoms with Gasteiger partial charge in [0.15, 0.2) is 0 Å². The summed E-state index contributed by atoms with van der Waals surface area (Å²) in [6.07, 6.45) is 2.26. The van der Waals surface area contributed by atoms with Gasteiger partial charge in [0.05, 0.1) is 11.1 Å². The van der Waals surface area contributed by atoms with E-state index in [0.29, 0.717) is 42.7 Å². The molecule has 2 aliphatic heterocycles. The third-order valence-corrected chi connectivity index (χ3v) is 6.48. The number of benzene rings is 1. The van der Waals surface area contributed by atoms with Gasteiger partial charge in [-0.3, -0.25) is 9.59 Å². The zero-order chi connectivity index (χ0) is 20.0. The number of nitrogens with zero attached hydrogens (tertiary/aromatic N) is 3. The topological polar surface area (TPSA) is 45.6 Å². The Labute approximate surface area is 170 Å². The number of halogens is 1. The molecule has 3 heterocycles. The van der Waals surface area contributed by atoms with Crippen LogP contribution in [-0.2, 0) is 11.8 Å². The minimum atomic E-state index is 0.0145. The lowest BCUT2D eigenvalue weighted by atomic mass is 9.87. The molecule has 1 aromatic heterocycles. The Kier molecular flexibility index (Phi) is 4.96. The Balaban J connectivity index is 1.63. The Morgan fingerprint density at radius 1 is 1.18 bits per heavy atom. The molecule has 2 fully saturated rings. The van der Waals surface area contributed by atoms with Gasteiger partial charge in [-0.1, -0.05) is 42.8 Å². The molecule has 2 amide bonds. The molecular formula is C22H26ClN3O2. The van der Waals surface area contributed by atoms with Crippen molar-refractivity contribution in [1.82, 2.24) is 14.4 Å². The molecule has 0 aliphatic carbocycles. The van der Waals surface area contributed by atoms with Gasteiger partial charge in [-0.2, -0.15) is 0 Å². The molecule has 4 rings (SSSR count). The molecule has 28 heavy (non-hydrogen) atoms. The third kappa shape index (κ3) is 3.12. The minimum absolute atomic E-state index is 0.0145. The van der Waals surface area contributed by atoms with Gasteiger partial charge in [-0.25, -0.2) is 0 Å². The lowest BCUT2D eigenvalue weighted by molar-refractivity contribution is -0.132.